The summed E-state index contributed by atoms with van der Waals surface area (Å²) >= 11 is 0. The van der Waals surface area contributed by atoms with Crippen molar-refractivity contribution in [2.75, 3.05) is 44.8 Å². The third kappa shape index (κ3) is 4.56. The van der Waals surface area contributed by atoms with Gasteiger partial charge in [0, 0.05) is 51.2 Å². The summed E-state index contributed by atoms with van der Waals surface area (Å²) in [5.41, 5.74) is 0.422. The van der Waals surface area contributed by atoms with Gasteiger partial charge in [-0.25, -0.2) is 14.8 Å². The number of anilines is 1. The number of hydrogen-bond donors (Lipinski definition) is 2. The number of fused-ring (bicyclic) bond motifs is 1. The Hall–Kier alpha value is -3.44. The Kier molecular flexibility index (Phi) is 6.92. The number of urea groups is 1. The van der Waals surface area contributed by atoms with Crippen LogP contribution in [0.2, 0.25) is 0 Å². The highest BCUT2D eigenvalue weighted by Gasteiger charge is 2.57. The van der Waals surface area contributed by atoms with Crippen LogP contribution in [0.15, 0.2) is 41.9 Å². The predicted molar refractivity (Wildman–Crippen MR) is 131 cm³/mol. The number of amides is 4. The number of hydrazine groups is 1. The topological polar surface area (TPSA) is 116 Å². The molecule has 11 nitrogen and oxygen atoms in total. The first-order valence-corrected chi connectivity index (χ1v) is 12.5. The third-order valence-corrected chi connectivity index (χ3v) is 7.15. The zero-order valence-corrected chi connectivity index (χ0v) is 20.5. The smallest absolute Gasteiger partial charge is 0.328 e. The van der Waals surface area contributed by atoms with Crippen LogP contribution in [-0.4, -0.2) is 78.3 Å². The number of ether oxygens (including phenoxy) is 2. The number of carbonyl (C=O) groups is 3. The molecule has 1 spiro atoms. The molecule has 4 aliphatic rings. The number of pyridine rings is 1. The van der Waals surface area contributed by atoms with Gasteiger partial charge in [0.15, 0.2) is 5.54 Å². The molecule has 5 heterocycles. The zero-order valence-electron chi connectivity index (χ0n) is 20.5. The standard InChI is InChI=1S/C25H32N6O5/c1-35-15-5-12-29-11-3-2-6-18-16-20(9-14-31(18)29)36-21-8-7-19(17-26-21)30-13-4-10-25(30)22(32)27-24(34)28-23(25)33/h7-9,16-17H,2-6,10-15H2,1H3,(H2,27,28,32,33,34). The van der Waals surface area contributed by atoms with E-state index >= 15 is 0 Å². The van der Waals surface area contributed by atoms with Crippen LogP contribution in [0.1, 0.15) is 38.5 Å². The van der Waals surface area contributed by atoms with Crippen LogP contribution >= 0.6 is 0 Å². The molecule has 3 fully saturated rings. The fraction of sp³-hybridized carbons (Fsp3) is 0.520. The highest BCUT2D eigenvalue weighted by atomic mass is 16.5. The number of carbonyl (C=O) groups excluding carboxylic acids is 3. The van der Waals surface area contributed by atoms with E-state index < -0.39 is 23.4 Å². The largest absolute Gasteiger partial charge is 0.439 e. The molecule has 0 aromatic carbocycles. The number of barbiturate groups is 1. The zero-order chi connectivity index (χ0) is 25.1. The lowest BCUT2D eigenvalue weighted by atomic mass is 9.92. The van der Waals surface area contributed by atoms with E-state index in [4.69, 9.17) is 9.47 Å². The van der Waals surface area contributed by atoms with Gasteiger partial charge in [0.25, 0.3) is 11.8 Å². The quantitative estimate of drug-likeness (QED) is 0.430. The SMILES string of the molecule is COCCCN1CCCCC2=CC(Oc3ccc(N4CCCC45C(=O)NC(=O)NC5=O)cn3)=CCN21. The van der Waals surface area contributed by atoms with Gasteiger partial charge in [-0.15, -0.1) is 0 Å². The van der Waals surface area contributed by atoms with E-state index in [0.29, 0.717) is 31.0 Å². The van der Waals surface area contributed by atoms with Crippen molar-refractivity contribution in [3.05, 3.63) is 41.9 Å². The number of aromatic nitrogens is 1. The van der Waals surface area contributed by atoms with Gasteiger partial charge in [-0.05, 0) is 50.7 Å². The summed E-state index contributed by atoms with van der Waals surface area (Å²) in [6.45, 7) is 3.99. The molecule has 0 unspecified atom stereocenters. The first kappa shape index (κ1) is 24.3. The molecule has 0 radical (unpaired) electrons. The summed E-state index contributed by atoms with van der Waals surface area (Å²) in [5.74, 6) is -0.0150. The van der Waals surface area contributed by atoms with E-state index in [1.165, 1.54) is 5.70 Å². The monoisotopic (exact) mass is 496 g/mol. The van der Waals surface area contributed by atoms with Crippen LogP contribution in [-0.2, 0) is 14.3 Å². The molecule has 5 rings (SSSR count). The molecule has 0 saturated carbocycles. The lowest BCUT2D eigenvalue weighted by Gasteiger charge is -2.38. The van der Waals surface area contributed by atoms with Crippen LogP contribution in [0, 0.1) is 0 Å². The highest BCUT2D eigenvalue weighted by molar-refractivity contribution is 6.24. The summed E-state index contributed by atoms with van der Waals surface area (Å²) in [6, 6.07) is 2.74. The van der Waals surface area contributed by atoms with Crippen molar-refractivity contribution >= 4 is 23.5 Å². The van der Waals surface area contributed by atoms with Gasteiger partial charge in [-0.3, -0.25) is 20.2 Å². The van der Waals surface area contributed by atoms with E-state index in [-0.39, 0.29) is 0 Å². The first-order chi connectivity index (χ1) is 17.5. The molecular weight excluding hydrogens is 464 g/mol. The van der Waals surface area contributed by atoms with Crippen LogP contribution < -0.4 is 20.3 Å². The van der Waals surface area contributed by atoms with Crippen molar-refractivity contribution in [1.82, 2.24) is 25.6 Å². The molecule has 3 saturated heterocycles. The fourth-order valence-electron chi connectivity index (χ4n) is 5.41. The summed E-state index contributed by atoms with van der Waals surface area (Å²) in [4.78, 5) is 43.1. The van der Waals surface area contributed by atoms with Gasteiger partial charge in [-0.1, -0.05) is 0 Å². The Labute approximate surface area is 210 Å². The molecular formula is C25H32N6O5. The molecule has 0 bridgehead atoms. The first-order valence-electron chi connectivity index (χ1n) is 12.5. The van der Waals surface area contributed by atoms with Crippen LogP contribution in [0.3, 0.4) is 0 Å². The van der Waals surface area contributed by atoms with Gasteiger partial charge in [0.1, 0.15) is 5.76 Å². The summed E-state index contributed by atoms with van der Waals surface area (Å²) in [6.07, 6.45) is 11.0. The molecule has 1 aromatic heterocycles. The second-order valence-electron chi connectivity index (χ2n) is 9.39. The van der Waals surface area contributed by atoms with Crippen molar-refractivity contribution in [3.63, 3.8) is 0 Å². The Morgan fingerprint density at radius 3 is 2.67 bits per heavy atom. The number of hydrogen-bond acceptors (Lipinski definition) is 9. The molecule has 2 N–H and O–H groups in total. The van der Waals surface area contributed by atoms with Gasteiger partial charge in [-0.2, -0.15) is 0 Å². The number of nitrogens with zero attached hydrogens (tertiary/aromatic N) is 4. The lowest BCUT2D eigenvalue weighted by Crippen LogP contribution is -2.71. The van der Waals surface area contributed by atoms with Crippen LogP contribution in [0.4, 0.5) is 10.5 Å². The summed E-state index contributed by atoms with van der Waals surface area (Å²) in [5, 5.41) is 9.19. The van der Waals surface area contributed by atoms with E-state index in [0.717, 1.165) is 57.7 Å². The minimum Gasteiger partial charge on any atom is -0.439 e. The predicted octanol–water partition coefficient (Wildman–Crippen LogP) is 1.69. The summed E-state index contributed by atoms with van der Waals surface area (Å²) in [7, 11) is 1.73. The van der Waals surface area contributed by atoms with Crippen molar-refractivity contribution in [3.8, 4) is 5.88 Å². The van der Waals surface area contributed by atoms with Crippen molar-refractivity contribution in [1.29, 1.82) is 0 Å². The average Bonchev–Trinajstić information content (AvgIpc) is 3.22. The number of rotatable bonds is 7. The molecule has 36 heavy (non-hydrogen) atoms. The van der Waals surface area contributed by atoms with Gasteiger partial charge in [0.05, 0.1) is 18.4 Å². The van der Waals surface area contributed by atoms with Gasteiger partial charge in [0.2, 0.25) is 5.88 Å². The number of methoxy groups -OCH3 is 1. The average molecular weight is 497 g/mol. The van der Waals surface area contributed by atoms with E-state index in [9.17, 15) is 14.4 Å². The van der Waals surface area contributed by atoms with Crippen molar-refractivity contribution in [2.24, 2.45) is 0 Å². The molecule has 4 amide bonds. The second-order valence-corrected chi connectivity index (χ2v) is 9.39. The molecule has 11 heteroatoms. The van der Waals surface area contributed by atoms with Crippen molar-refractivity contribution < 1.29 is 23.9 Å². The summed E-state index contributed by atoms with van der Waals surface area (Å²) < 4.78 is 11.3. The maximum Gasteiger partial charge on any atom is 0.328 e. The van der Waals surface area contributed by atoms with E-state index in [1.807, 2.05) is 0 Å². The number of nitrogens with one attached hydrogen (secondary N) is 2. The van der Waals surface area contributed by atoms with Crippen LogP contribution in [0.5, 0.6) is 5.88 Å². The number of imide groups is 2. The Bertz CT molecular complexity index is 1060. The number of allylic oxidation sites excluding steroid dienone is 2. The van der Waals surface area contributed by atoms with Gasteiger partial charge >= 0.3 is 6.03 Å². The van der Waals surface area contributed by atoms with E-state index in [2.05, 4.69) is 37.8 Å². The Balaban J connectivity index is 1.27. The maximum atomic E-state index is 12.7. The molecule has 0 atom stereocenters. The minimum atomic E-state index is -1.44. The fourth-order valence-corrected chi connectivity index (χ4v) is 5.41. The Morgan fingerprint density at radius 1 is 1.08 bits per heavy atom. The molecule has 1 aromatic rings. The normalized spacial score (nSPS) is 22.0. The maximum absolute atomic E-state index is 12.7. The molecule has 192 valence electrons. The molecule has 4 aliphatic heterocycles. The lowest BCUT2D eigenvalue weighted by molar-refractivity contribution is -0.137. The molecule has 0 aliphatic carbocycles. The highest BCUT2D eigenvalue weighted by Crippen LogP contribution is 2.36. The third-order valence-electron chi connectivity index (χ3n) is 7.15. The van der Waals surface area contributed by atoms with Gasteiger partial charge < -0.3 is 19.4 Å². The van der Waals surface area contributed by atoms with E-state index in [1.54, 1.807) is 30.3 Å². The Morgan fingerprint density at radius 2 is 1.92 bits per heavy atom. The minimum absolute atomic E-state index is 0.329. The van der Waals surface area contributed by atoms with Crippen LogP contribution in [0.25, 0.3) is 0 Å². The van der Waals surface area contributed by atoms with Crippen molar-refractivity contribution in [2.45, 2.75) is 44.1 Å². The second kappa shape index (κ2) is 10.3.